The lowest BCUT2D eigenvalue weighted by molar-refractivity contribution is -0.145. The number of thiazole rings is 1. The van der Waals surface area contributed by atoms with Crippen LogP contribution in [-0.4, -0.2) is 40.0 Å². The van der Waals surface area contributed by atoms with Crippen LogP contribution in [0.25, 0.3) is 32.6 Å². The lowest BCUT2D eigenvalue weighted by atomic mass is 10.0. The number of ether oxygens (including phenoxy) is 2. The molecule has 0 saturated heterocycles. The molecule has 3 aromatic carbocycles. The van der Waals surface area contributed by atoms with Crippen molar-refractivity contribution in [1.29, 1.82) is 0 Å². The molecule has 37 heavy (non-hydrogen) atoms. The van der Waals surface area contributed by atoms with Crippen LogP contribution in [0.3, 0.4) is 0 Å². The van der Waals surface area contributed by atoms with Gasteiger partial charge < -0.3 is 19.8 Å². The molecule has 2 heterocycles. The van der Waals surface area contributed by atoms with Crippen LogP contribution in [0.15, 0.2) is 48.5 Å². The van der Waals surface area contributed by atoms with E-state index < -0.39 is 5.97 Å². The van der Waals surface area contributed by atoms with Crippen molar-refractivity contribution in [2.24, 2.45) is 0 Å². The van der Waals surface area contributed by atoms with Crippen molar-refractivity contribution in [3.05, 3.63) is 70.2 Å². The van der Waals surface area contributed by atoms with Gasteiger partial charge in [0.25, 0.3) is 5.91 Å². The molecule has 0 radical (unpaired) electrons. The van der Waals surface area contributed by atoms with Gasteiger partial charge in [-0.2, -0.15) is 0 Å². The highest BCUT2D eigenvalue weighted by atomic mass is 32.1. The van der Waals surface area contributed by atoms with E-state index in [0.717, 1.165) is 42.9 Å². The van der Waals surface area contributed by atoms with Crippen molar-refractivity contribution in [3.8, 4) is 17.1 Å². The minimum absolute atomic E-state index is 0.140. The Bertz CT molecular complexity index is 1630. The number of amides is 1. The second-order valence-corrected chi connectivity index (χ2v) is 9.95. The Morgan fingerprint density at radius 3 is 2.51 bits per heavy atom. The number of imidazole rings is 1. The quantitative estimate of drug-likeness (QED) is 0.260. The third kappa shape index (κ3) is 5.17. The number of aryl methyl sites for hydroxylation is 3. The van der Waals surface area contributed by atoms with E-state index in [1.165, 1.54) is 0 Å². The molecule has 0 aliphatic rings. The molecule has 5 rings (SSSR count). The summed E-state index contributed by atoms with van der Waals surface area (Å²) < 4.78 is 11.6. The number of hydrogen-bond donors (Lipinski definition) is 2. The topological polar surface area (TPSA) is 106 Å². The van der Waals surface area contributed by atoms with Gasteiger partial charge in [0.15, 0.2) is 6.61 Å². The molecule has 0 bridgehead atoms. The van der Waals surface area contributed by atoms with E-state index in [1.54, 1.807) is 30.4 Å². The number of rotatable bonds is 7. The molecule has 0 spiro atoms. The molecule has 188 valence electrons. The molecule has 0 aliphatic carbocycles. The number of carbonyl (C=O) groups excluding carboxylic acids is 2. The Labute approximate surface area is 217 Å². The van der Waals surface area contributed by atoms with Gasteiger partial charge in [-0.05, 0) is 87.4 Å². The molecule has 2 aromatic heterocycles. The zero-order chi connectivity index (χ0) is 26.1. The Morgan fingerprint density at radius 2 is 1.76 bits per heavy atom. The highest BCUT2D eigenvalue weighted by molar-refractivity contribution is 7.18. The number of carbonyl (C=O) groups is 2. The molecular formula is C28H26N4O4S. The highest BCUT2D eigenvalue weighted by Gasteiger charge is 2.15. The van der Waals surface area contributed by atoms with Gasteiger partial charge in [0.1, 0.15) is 11.6 Å². The van der Waals surface area contributed by atoms with Gasteiger partial charge in [-0.25, -0.2) is 14.8 Å². The summed E-state index contributed by atoms with van der Waals surface area (Å²) in [5, 5.41) is 3.95. The number of H-pyrrole nitrogens is 1. The van der Waals surface area contributed by atoms with Gasteiger partial charge in [-0.3, -0.25) is 4.79 Å². The van der Waals surface area contributed by atoms with Crippen LogP contribution in [0.2, 0.25) is 0 Å². The lowest BCUT2D eigenvalue weighted by Crippen LogP contribution is -2.14. The maximum absolute atomic E-state index is 13.0. The first-order valence-corrected chi connectivity index (χ1v) is 12.7. The molecule has 8 nitrogen and oxygen atoms in total. The van der Waals surface area contributed by atoms with Gasteiger partial charge in [0.05, 0.1) is 32.9 Å². The maximum atomic E-state index is 13.0. The average molecular weight is 515 g/mol. The molecular weight excluding hydrogens is 488 g/mol. The number of nitrogens with one attached hydrogen (secondary N) is 2. The molecule has 0 saturated carbocycles. The number of esters is 1. The fraction of sp³-hybridized carbons (Fsp3) is 0.214. The third-order valence-electron chi connectivity index (χ3n) is 5.90. The van der Waals surface area contributed by atoms with Crippen LogP contribution in [0, 0.1) is 20.8 Å². The van der Waals surface area contributed by atoms with Crippen LogP contribution in [0.4, 0.5) is 5.69 Å². The largest absolute Gasteiger partial charge is 0.482 e. The number of nitrogens with zero attached hydrogens (tertiary/aromatic N) is 2. The smallest absolute Gasteiger partial charge is 0.344 e. The summed E-state index contributed by atoms with van der Waals surface area (Å²) in [5.41, 5.74) is 6.45. The first-order chi connectivity index (χ1) is 17.8. The first kappa shape index (κ1) is 24.5. The Balaban J connectivity index is 1.36. The van der Waals surface area contributed by atoms with Gasteiger partial charge in [0, 0.05) is 16.8 Å². The average Bonchev–Trinajstić information content (AvgIpc) is 3.43. The minimum atomic E-state index is -0.405. The van der Waals surface area contributed by atoms with Crippen LogP contribution in [0.5, 0.6) is 5.75 Å². The van der Waals surface area contributed by atoms with Crippen molar-refractivity contribution in [3.63, 3.8) is 0 Å². The van der Waals surface area contributed by atoms with Gasteiger partial charge >= 0.3 is 5.97 Å². The fourth-order valence-corrected chi connectivity index (χ4v) is 5.13. The molecule has 0 unspecified atom stereocenters. The normalized spacial score (nSPS) is 11.1. The van der Waals surface area contributed by atoms with E-state index in [9.17, 15) is 9.59 Å². The second-order valence-electron chi connectivity index (χ2n) is 8.71. The summed E-state index contributed by atoms with van der Waals surface area (Å²) in [4.78, 5) is 37.2. The number of aromatic amines is 1. The van der Waals surface area contributed by atoms with E-state index in [0.29, 0.717) is 29.4 Å². The van der Waals surface area contributed by atoms with Crippen LogP contribution in [0.1, 0.15) is 33.4 Å². The summed E-state index contributed by atoms with van der Waals surface area (Å²) in [7, 11) is 0. The summed E-state index contributed by atoms with van der Waals surface area (Å²) in [6.07, 6.45) is 0. The van der Waals surface area contributed by atoms with E-state index in [1.807, 2.05) is 57.2 Å². The zero-order valence-electron chi connectivity index (χ0n) is 21.0. The Hall–Kier alpha value is -4.24. The summed E-state index contributed by atoms with van der Waals surface area (Å²) in [6, 6.07) is 14.9. The fourth-order valence-electron chi connectivity index (χ4n) is 4.32. The predicted octanol–water partition coefficient (Wildman–Crippen LogP) is 5.96. The van der Waals surface area contributed by atoms with Crippen LogP contribution in [-0.2, 0) is 9.53 Å². The van der Waals surface area contributed by atoms with E-state index in [-0.39, 0.29) is 12.5 Å². The van der Waals surface area contributed by atoms with E-state index in [4.69, 9.17) is 14.5 Å². The number of hydrogen-bond acceptors (Lipinski definition) is 7. The van der Waals surface area contributed by atoms with Gasteiger partial charge in [-0.15, -0.1) is 11.3 Å². The first-order valence-electron chi connectivity index (χ1n) is 11.9. The van der Waals surface area contributed by atoms with Crippen molar-refractivity contribution < 1.29 is 19.1 Å². The summed E-state index contributed by atoms with van der Waals surface area (Å²) in [5.74, 6) is 0.675. The SMILES string of the molecule is CCOC(=O)COc1cc(C)c(-c2nc3ccc(C(=O)Nc4ccc5sc(C)nc5c4)cc3[nH]2)c(C)c1. The van der Waals surface area contributed by atoms with Crippen molar-refractivity contribution in [2.45, 2.75) is 27.7 Å². The Morgan fingerprint density at radius 1 is 0.973 bits per heavy atom. The zero-order valence-corrected chi connectivity index (χ0v) is 21.8. The van der Waals surface area contributed by atoms with Crippen molar-refractivity contribution in [1.82, 2.24) is 15.0 Å². The monoisotopic (exact) mass is 514 g/mol. The van der Waals surface area contributed by atoms with Crippen molar-refractivity contribution in [2.75, 3.05) is 18.5 Å². The Kier molecular flexibility index (Phi) is 6.62. The van der Waals surface area contributed by atoms with Crippen LogP contribution >= 0.6 is 11.3 Å². The molecule has 2 N–H and O–H groups in total. The molecule has 0 fully saturated rings. The summed E-state index contributed by atoms with van der Waals surface area (Å²) in [6.45, 7) is 7.83. The second kappa shape index (κ2) is 10.0. The molecule has 5 aromatic rings. The highest BCUT2D eigenvalue weighted by Crippen LogP contribution is 2.31. The lowest BCUT2D eigenvalue weighted by Gasteiger charge is -2.12. The molecule has 9 heteroatoms. The van der Waals surface area contributed by atoms with Gasteiger partial charge in [-0.1, -0.05) is 0 Å². The number of aromatic nitrogens is 3. The number of anilines is 1. The number of fused-ring (bicyclic) bond motifs is 2. The van der Waals surface area contributed by atoms with E-state index >= 15 is 0 Å². The van der Waals surface area contributed by atoms with E-state index in [2.05, 4.69) is 15.3 Å². The predicted molar refractivity (Wildman–Crippen MR) is 145 cm³/mol. The van der Waals surface area contributed by atoms with Crippen molar-refractivity contribution >= 4 is 50.2 Å². The maximum Gasteiger partial charge on any atom is 0.344 e. The third-order valence-corrected chi connectivity index (χ3v) is 6.85. The van der Waals surface area contributed by atoms with Gasteiger partial charge in [0.2, 0.25) is 0 Å². The minimum Gasteiger partial charge on any atom is -0.482 e. The molecule has 0 aliphatic heterocycles. The summed E-state index contributed by atoms with van der Waals surface area (Å²) >= 11 is 1.63. The molecule has 0 atom stereocenters. The molecule has 1 amide bonds. The van der Waals surface area contributed by atoms with Crippen LogP contribution < -0.4 is 10.1 Å². The number of benzene rings is 3. The standard InChI is InChI=1S/C28H26N4O4S/c1-5-35-25(33)14-36-20-10-15(2)26(16(3)11-20)27-31-21-8-6-18(12-22(21)32-27)28(34)30-19-7-9-24-23(13-19)29-17(4)37-24/h6-13H,5,14H2,1-4H3,(H,30,34)(H,31,32).